The maximum absolute atomic E-state index is 12.9. The molecule has 6 heteroatoms. The smallest absolute Gasteiger partial charge is 0.253 e. The quantitative estimate of drug-likeness (QED) is 0.476. The molecule has 2 aromatic heterocycles. The van der Waals surface area contributed by atoms with Crippen LogP contribution in [0.1, 0.15) is 49.5 Å². The first kappa shape index (κ1) is 21.9. The Morgan fingerprint density at radius 1 is 1.09 bits per heavy atom. The van der Waals surface area contributed by atoms with E-state index in [-0.39, 0.29) is 11.5 Å². The van der Waals surface area contributed by atoms with Crippen molar-refractivity contribution in [2.24, 2.45) is 5.92 Å². The molecule has 2 aliphatic rings. The molecule has 0 bridgehead atoms. The number of carbonyl (C=O) groups excluding carboxylic acids is 1. The first-order chi connectivity index (χ1) is 15.8. The van der Waals surface area contributed by atoms with Crippen molar-refractivity contribution < 1.29 is 9.53 Å². The van der Waals surface area contributed by atoms with E-state index in [9.17, 15) is 4.79 Å². The van der Waals surface area contributed by atoms with E-state index >= 15 is 0 Å². The molecule has 5 rings (SSSR count). The first-order valence-corrected chi connectivity index (χ1v) is 11.9. The lowest BCUT2D eigenvalue weighted by Gasteiger charge is -2.30. The van der Waals surface area contributed by atoms with E-state index < -0.39 is 0 Å². The van der Waals surface area contributed by atoms with Crippen molar-refractivity contribution >= 4 is 17.5 Å². The molecule has 170 valence electrons. The molecule has 2 aliphatic heterocycles. The molecule has 1 amide bonds. The highest BCUT2D eigenvalue weighted by Crippen LogP contribution is 2.40. The van der Waals surface area contributed by atoms with Gasteiger partial charge in [-0.25, -0.2) is 4.98 Å². The Morgan fingerprint density at radius 3 is 2.55 bits per heavy atom. The number of hydrogen-bond donors (Lipinski definition) is 0. The van der Waals surface area contributed by atoms with Crippen molar-refractivity contribution in [3.05, 3.63) is 65.1 Å². The molecule has 1 saturated heterocycles. The van der Waals surface area contributed by atoms with Crippen molar-refractivity contribution in [1.82, 2.24) is 14.9 Å². The number of piperidine rings is 1. The Morgan fingerprint density at radius 2 is 1.82 bits per heavy atom. The topological polar surface area (TPSA) is 55.3 Å². The normalized spacial score (nSPS) is 17.5. The predicted molar refractivity (Wildman–Crippen MR) is 131 cm³/mol. The Hall–Kier alpha value is -2.92. The van der Waals surface area contributed by atoms with Gasteiger partial charge in [0.15, 0.2) is 0 Å². The van der Waals surface area contributed by atoms with Crippen molar-refractivity contribution in [1.29, 1.82) is 0 Å². The van der Waals surface area contributed by atoms with Gasteiger partial charge in [-0.2, -0.15) is 0 Å². The number of carbonyl (C=O) groups is 1. The van der Waals surface area contributed by atoms with Gasteiger partial charge in [-0.05, 0) is 62.4 Å². The number of halogens is 1. The molecule has 0 saturated carbocycles. The number of benzene rings is 1. The minimum Gasteiger partial charge on any atom is -0.471 e. The highest BCUT2D eigenvalue weighted by atomic mass is 35.5. The summed E-state index contributed by atoms with van der Waals surface area (Å²) in [6.07, 6.45) is 8.33. The number of rotatable bonds is 3. The highest BCUT2D eigenvalue weighted by molar-refractivity contribution is 6.33. The Kier molecular flexibility index (Phi) is 5.61. The van der Waals surface area contributed by atoms with E-state index in [0.29, 0.717) is 22.4 Å². The van der Waals surface area contributed by atoms with Gasteiger partial charge in [-0.3, -0.25) is 9.78 Å². The van der Waals surface area contributed by atoms with Crippen molar-refractivity contribution in [2.75, 3.05) is 13.1 Å². The molecule has 4 heterocycles. The number of aromatic nitrogens is 2. The summed E-state index contributed by atoms with van der Waals surface area (Å²) >= 11 is 6.67. The second-order valence-corrected chi connectivity index (χ2v) is 10.2. The zero-order chi connectivity index (χ0) is 23.2. The van der Waals surface area contributed by atoms with E-state index in [1.807, 2.05) is 29.3 Å². The van der Waals surface area contributed by atoms with Crippen LogP contribution in [0.3, 0.4) is 0 Å². The first-order valence-electron chi connectivity index (χ1n) is 11.5. The minimum atomic E-state index is -0.269. The standard InChI is InChI=1S/C27H28ClN3O2/c1-17-7-10-31(11-8-17)26(32)18-4-5-22(24(28)13-18)20-12-19(15-29-16-20)21-6-9-30-25-23(21)14-27(2,3)33-25/h4-6,9,12-13,15-17H,7-8,10-11,14H2,1-3H3. The van der Waals surface area contributed by atoms with Gasteiger partial charge in [-0.1, -0.05) is 24.6 Å². The highest BCUT2D eigenvalue weighted by Gasteiger charge is 2.33. The van der Waals surface area contributed by atoms with Crippen LogP contribution in [-0.2, 0) is 6.42 Å². The lowest BCUT2D eigenvalue weighted by Crippen LogP contribution is -2.37. The molecule has 0 atom stereocenters. The molecular weight excluding hydrogens is 434 g/mol. The Labute approximate surface area is 199 Å². The van der Waals surface area contributed by atoms with Gasteiger partial charge in [0.25, 0.3) is 5.91 Å². The van der Waals surface area contributed by atoms with Crippen LogP contribution in [0.5, 0.6) is 5.88 Å². The van der Waals surface area contributed by atoms with Gasteiger partial charge < -0.3 is 9.64 Å². The van der Waals surface area contributed by atoms with Crippen molar-refractivity contribution in [3.63, 3.8) is 0 Å². The molecule has 0 unspecified atom stereocenters. The third-order valence-electron chi connectivity index (χ3n) is 6.64. The predicted octanol–water partition coefficient (Wildman–Crippen LogP) is 6.05. The summed E-state index contributed by atoms with van der Waals surface area (Å²) in [6.45, 7) is 7.99. The molecule has 33 heavy (non-hydrogen) atoms. The van der Waals surface area contributed by atoms with Gasteiger partial charge in [0, 0.05) is 70.9 Å². The van der Waals surface area contributed by atoms with E-state index in [2.05, 4.69) is 36.8 Å². The SMILES string of the molecule is CC1CCN(C(=O)c2ccc(-c3cncc(-c4ccnc5c4CC(C)(C)O5)c3)c(Cl)c2)CC1. The van der Waals surface area contributed by atoms with E-state index in [1.54, 1.807) is 18.5 Å². The van der Waals surface area contributed by atoms with Crippen LogP contribution in [-0.4, -0.2) is 39.5 Å². The molecule has 1 fully saturated rings. The third kappa shape index (κ3) is 4.34. The monoisotopic (exact) mass is 461 g/mol. The second kappa shape index (κ2) is 8.45. The summed E-state index contributed by atoms with van der Waals surface area (Å²) in [7, 11) is 0. The number of pyridine rings is 2. The Bertz CT molecular complexity index is 1220. The minimum absolute atomic E-state index is 0.0530. The number of likely N-dealkylation sites (tertiary alicyclic amines) is 1. The van der Waals surface area contributed by atoms with Crippen LogP contribution in [0.25, 0.3) is 22.3 Å². The fraction of sp³-hybridized carbons (Fsp3) is 0.370. The zero-order valence-corrected chi connectivity index (χ0v) is 20.0. The average molecular weight is 462 g/mol. The summed E-state index contributed by atoms with van der Waals surface area (Å²) in [5.74, 6) is 1.42. The maximum atomic E-state index is 12.9. The summed E-state index contributed by atoms with van der Waals surface area (Å²) in [5, 5.41) is 0.551. The van der Waals surface area contributed by atoms with E-state index in [4.69, 9.17) is 16.3 Å². The maximum Gasteiger partial charge on any atom is 0.253 e. The van der Waals surface area contributed by atoms with Crippen LogP contribution in [0.2, 0.25) is 5.02 Å². The largest absolute Gasteiger partial charge is 0.471 e. The van der Waals surface area contributed by atoms with Crippen molar-refractivity contribution in [3.8, 4) is 28.1 Å². The van der Waals surface area contributed by atoms with Crippen LogP contribution in [0.4, 0.5) is 0 Å². The number of ether oxygens (including phenoxy) is 1. The van der Waals surface area contributed by atoms with Crippen LogP contribution >= 0.6 is 11.6 Å². The molecule has 0 radical (unpaired) electrons. The number of hydrogen-bond acceptors (Lipinski definition) is 4. The number of amides is 1. The fourth-order valence-corrected chi connectivity index (χ4v) is 5.03. The van der Waals surface area contributed by atoms with Gasteiger partial charge in [0.05, 0.1) is 0 Å². The molecule has 3 aromatic rings. The molecular formula is C27H28ClN3O2. The zero-order valence-electron chi connectivity index (χ0n) is 19.3. The van der Waals surface area contributed by atoms with Gasteiger partial charge in [-0.15, -0.1) is 0 Å². The Balaban J connectivity index is 1.43. The summed E-state index contributed by atoms with van der Waals surface area (Å²) in [6, 6.07) is 9.67. The average Bonchev–Trinajstić information content (AvgIpc) is 3.13. The number of fused-ring (bicyclic) bond motifs is 1. The second-order valence-electron chi connectivity index (χ2n) is 9.81. The fourth-order valence-electron chi connectivity index (χ4n) is 4.74. The molecule has 0 N–H and O–H groups in total. The van der Waals surface area contributed by atoms with Gasteiger partial charge in [0.1, 0.15) is 5.60 Å². The van der Waals surface area contributed by atoms with Crippen molar-refractivity contribution in [2.45, 2.75) is 45.6 Å². The lowest BCUT2D eigenvalue weighted by atomic mass is 9.94. The lowest BCUT2D eigenvalue weighted by molar-refractivity contribution is 0.0697. The van der Waals surface area contributed by atoms with E-state index in [1.165, 1.54) is 0 Å². The summed E-state index contributed by atoms with van der Waals surface area (Å²) < 4.78 is 5.99. The third-order valence-corrected chi connectivity index (χ3v) is 6.95. The van der Waals surface area contributed by atoms with Crippen LogP contribution < -0.4 is 4.74 Å². The van der Waals surface area contributed by atoms with Crippen LogP contribution in [0, 0.1) is 5.92 Å². The van der Waals surface area contributed by atoms with Gasteiger partial charge >= 0.3 is 0 Å². The molecule has 0 spiro atoms. The molecule has 0 aliphatic carbocycles. The van der Waals surface area contributed by atoms with E-state index in [0.717, 1.165) is 60.2 Å². The summed E-state index contributed by atoms with van der Waals surface area (Å²) in [4.78, 5) is 23.8. The molecule has 1 aromatic carbocycles. The van der Waals surface area contributed by atoms with Crippen LogP contribution in [0.15, 0.2) is 48.9 Å². The number of nitrogens with zero attached hydrogens (tertiary/aromatic N) is 3. The summed E-state index contributed by atoms with van der Waals surface area (Å²) in [5.41, 5.74) is 5.30. The van der Waals surface area contributed by atoms with Gasteiger partial charge in [0.2, 0.25) is 5.88 Å². The molecule has 5 nitrogen and oxygen atoms in total.